The summed E-state index contributed by atoms with van der Waals surface area (Å²) >= 11 is 0. The van der Waals surface area contributed by atoms with Crippen molar-refractivity contribution in [2.45, 2.75) is 44.0 Å². The van der Waals surface area contributed by atoms with E-state index in [1.54, 1.807) is 11.8 Å². The lowest BCUT2D eigenvalue weighted by Crippen LogP contribution is -2.44. The van der Waals surface area contributed by atoms with Crippen LogP contribution in [0.4, 0.5) is 11.4 Å². The van der Waals surface area contributed by atoms with Gasteiger partial charge in [0.2, 0.25) is 10.0 Å². The van der Waals surface area contributed by atoms with E-state index < -0.39 is 25.1 Å². The van der Waals surface area contributed by atoms with Crippen LogP contribution in [-0.2, 0) is 24.3 Å². The van der Waals surface area contributed by atoms with Crippen LogP contribution < -0.4 is 4.90 Å². The molecule has 0 atom stereocenters. The van der Waals surface area contributed by atoms with Crippen molar-refractivity contribution in [1.29, 1.82) is 0 Å². The van der Waals surface area contributed by atoms with Crippen LogP contribution >= 0.6 is 0 Å². The Balaban J connectivity index is 2.51. The van der Waals surface area contributed by atoms with Crippen molar-refractivity contribution in [3.63, 3.8) is 0 Å². The summed E-state index contributed by atoms with van der Waals surface area (Å²) in [6.45, 7) is 4.55. The molecular formula is C20H34N4O7S2. The summed E-state index contributed by atoms with van der Waals surface area (Å²) in [6.07, 6.45) is 2.93. The molecule has 1 saturated heterocycles. The fraction of sp³-hybridized carbons (Fsp3) is 0.700. The lowest BCUT2D eigenvalue weighted by atomic mass is 10.1. The molecule has 0 aliphatic carbocycles. The number of hydrogen-bond donors (Lipinski definition) is 0. The maximum absolute atomic E-state index is 13.7. The Kier molecular flexibility index (Phi) is 9.22. The van der Waals surface area contributed by atoms with Gasteiger partial charge in [-0.05, 0) is 45.8 Å². The Morgan fingerprint density at radius 1 is 1.15 bits per heavy atom. The van der Waals surface area contributed by atoms with E-state index in [1.165, 1.54) is 10.4 Å². The van der Waals surface area contributed by atoms with Crippen LogP contribution in [0.5, 0.6) is 0 Å². The third-order valence-corrected chi connectivity index (χ3v) is 8.21. The number of nitro benzene ring substituents is 1. The molecule has 188 valence electrons. The predicted molar refractivity (Wildman–Crippen MR) is 127 cm³/mol. The minimum atomic E-state index is -4.03. The van der Waals surface area contributed by atoms with Crippen LogP contribution in [-0.4, -0.2) is 90.1 Å². The van der Waals surface area contributed by atoms with E-state index >= 15 is 0 Å². The zero-order valence-corrected chi connectivity index (χ0v) is 21.5. The highest BCUT2D eigenvalue weighted by molar-refractivity contribution is 7.89. The quantitative estimate of drug-likeness (QED) is 0.250. The van der Waals surface area contributed by atoms with Gasteiger partial charge >= 0.3 is 0 Å². The Bertz CT molecular complexity index is 1050. The Hall–Kier alpha value is -1.80. The second-order valence-corrected chi connectivity index (χ2v) is 12.0. The number of rotatable bonds is 11. The molecule has 1 aromatic carbocycles. The van der Waals surface area contributed by atoms with Gasteiger partial charge in [-0.15, -0.1) is 0 Å². The standard InChI is InChI=1S/C20H34N4O7S2/c1-6-9-22(12-13-31-32(5,27)28)20-16(2)14-18(24(25)26)15-19(20)33(29,30)23-10-7-17(8-11-23)21(3)4/h14-15,17H,6-13H2,1-5H3. The number of nitro groups is 1. The molecule has 1 heterocycles. The van der Waals surface area contributed by atoms with Crippen LogP contribution in [0.1, 0.15) is 31.7 Å². The number of anilines is 1. The SMILES string of the molecule is CCCN(CCOS(C)(=O)=O)c1c(C)cc([N+](=O)[O-])cc1S(=O)(=O)N1CCC(N(C)C)CC1. The number of hydrogen-bond acceptors (Lipinski definition) is 9. The van der Waals surface area contributed by atoms with E-state index in [0.29, 0.717) is 50.1 Å². The molecule has 1 aliphatic rings. The van der Waals surface area contributed by atoms with Crippen LogP contribution in [0, 0.1) is 17.0 Å². The maximum atomic E-state index is 13.7. The second-order valence-electron chi connectivity index (χ2n) is 8.48. The first-order chi connectivity index (χ1) is 15.3. The summed E-state index contributed by atoms with van der Waals surface area (Å²) in [5.74, 6) is 0. The molecule has 1 aliphatic heterocycles. The van der Waals surface area contributed by atoms with Crippen molar-refractivity contribution < 1.29 is 25.9 Å². The van der Waals surface area contributed by atoms with Gasteiger partial charge in [0, 0.05) is 44.4 Å². The summed E-state index contributed by atoms with van der Waals surface area (Å²) in [4.78, 5) is 14.6. The van der Waals surface area contributed by atoms with Gasteiger partial charge in [0.15, 0.2) is 0 Å². The molecule has 2 rings (SSSR count). The largest absolute Gasteiger partial charge is 0.368 e. The van der Waals surface area contributed by atoms with Crippen molar-refractivity contribution in [2.24, 2.45) is 0 Å². The molecule has 11 nitrogen and oxygen atoms in total. The zero-order valence-electron chi connectivity index (χ0n) is 19.9. The minimum Gasteiger partial charge on any atom is -0.368 e. The molecule has 13 heteroatoms. The molecule has 0 bridgehead atoms. The van der Waals surface area contributed by atoms with Crippen LogP contribution in [0.3, 0.4) is 0 Å². The fourth-order valence-electron chi connectivity index (χ4n) is 4.08. The first-order valence-electron chi connectivity index (χ1n) is 10.8. The molecule has 33 heavy (non-hydrogen) atoms. The van der Waals surface area contributed by atoms with E-state index in [-0.39, 0.29) is 29.8 Å². The number of non-ortho nitro benzene ring substituents is 1. The summed E-state index contributed by atoms with van der Waals surface area (Å²) < 4.78 is 56.4. The molecule has 0 amide bonds. The Labute approximate surface area is 196 Å². The number of piperidine rings is 1. The molecule has 0 unspecified atom stereocenters. The molecule has 0 radical (unpaired) electrons. The van der Waals surface area contributed by atoms with Gasteiger partial charge in [0.05, 0.1) is 23.5 Å². The maximum Gasteiger partial charge on any atom is 0.271 e. The normalized spacial score (nSPS) is 16.3. The molecule has 0 spiro atoms. The molecule has 1 fully saturated rings. The first-order valence-corrected chi connectivity index (χ1v) is 14.1. The summed E-state index contributed by atoms with van der Waals surface area (Å²) in [5, 5.41) is 11.5. The topological polar surface area (TPSA) is 130 Å². The predicted octanol–water partition coefficient (Wildman–Crippen LogP) is 1.81. The van der Waals surface area contributed by atoms with Gasteiger partial charge in [0.1, 0.15) is 4.90 Å². The fourth-order valence-corrected chi connectivity index (χ4v) is 6.23. The van der Waals surface area contributed by atoms with E-state index in [1.807, 2.05) is 21.0 Å². The molecule has 0 aromatic heterocycles. The zero-order chi connectivity index (χ0) is 25.0. The highest BCUT2D eigenvalue weighted by atomic mass is 32.2. The number of aryl methyl sites for hydroxylation is 1. The smallest absolute Gasteiger partial charge is 0.271 e. The lowest BCUT2D eigenvalue weighted by Gasteiger charge is -2.35. The van der Waals surface area contributed by atoms with Gasteiger partial charge in [-0.3, -0.25) is 14.3 Å². The highest BCUT2D eigenvalue weighted by Crippen LogP contribution is 2.36. The number of sulfonamides is 1. The molecule has 0 saturated carbocycles. The molecule has 1 aromatic rings. The van der Waals surface area contributed by atoms with Crippen LogP contribution in [0.2, 0.25) is 0 Å². The average Bonchev–Trinajstić information content (AvgIpc) is 2.71. The van der Waals surface area contributed by atoms with Gasteiger partial charge in [-0.1, -0.05) is 6.92 Å². The Morgan fingerprint density at radius 3 is 2.24 bits per heavy atom. The third-order valence-electron chi connectivity index (χ3n) is 5.70. The third kappa shape index (κ3) is 7.09. The summed E-state index contributed by atoms with van der Waals surface area (Å²) in [6, 6.07) is 2.72. The first kappa shape index (κ1) is 27.4. The van der Waals surface area contributed by atoms with E-state index in [2.05, 4.69) is 4.90 Å². The summed E-state index contributed by atoms with van der Waals surface area (Å²) in [5.41, 5.74) is 0.467. The second kappa shape index (κ2) is 11.1. The molecular weight excluding hydrogens is 472 g/mol. The number of nitrogens with zero attached hydrogens (tertiary/aromatic N) is 4. The van der Waals surface area contributed by atoms with E-state index in [4.69, 9.17) is 4.18 Å². The van der Waals surface area contributed by atoms with Crippen molar-refractivity contribution >= 4 is 31.5 Å². The van der Waals surface area contributed by atoms with Crippen molar-refractivity contribution in [2.75, 3.05) is 58.0 Å². The van der Waals surface area contributed by atoms with Crippen molar-refractivity contribution in [3.05, 3.63) is 27.8 Å². The average molecular weight is 507 g/mol. The van der Waals surface area contributed by atoms with Crippen molar-refractivity contribution in [3.8, 4) is 0 Å². The van der Waals surface area contributed by atoms with Gasteiger partial charge in [-0.2, -0.15) is 12.7 Å². The summed E-state index contributed by atoms with van der Waals surface area (Å²) in [7, 11) is -3.77. The van der Waals surface area contributed by atoms with Crippen LogP contribution in [0.25, 0.3) is 0 Å². The monoisotopic (exact) mass is 506 g/mol. The van der Waals surface area contributed by atoms with Gasteiger partial charge < -0.3 is 9.80 Å². The van der Waals surface area contributed by atoms with Crippen molar-refractivity contribution in [1.82, 2.24) is 9.21 Å². The van der Waals surface area contributed by atoms with E-state index in [9.17, 15) is 26.9 Å². The highest BCUT2D eigenvalue weighted by Gasteiger charge is 2.34. The van der Waals surface area contributed by atoms with Gasteiger partial charge in [-0.25, -0.2) is 8.42 Å². The minimum absolute atomic E-state index is 0.116. The number of benzene rings is 1. The lowest BCUT2D eigenvalue weighted by molar-refractivity contribution is -0.385. The van der Waals surface area contributed by atoms with Gasteiger partial charge in [0.25, 0.3) is 15.8 Å². The molecule has 0 N–H and O–H groups in total. The van der Waals surface area contributed by atoms with Crippen LogP contribution in [0.15, 0.2) is 17.0 Å². The Morgan fingerprint density at radius 2 is 1.76 bits per heavy atom. The van der Waals surface area contributed by atoms with E-state index in [0.717, 1.165) is 12.3 Å².